The molecule has 0 N–H and O–H groups in total. The van der Waals surface area contributed by atoms with Gasteiger partial charge in [0, 0.05) is 18.5 Å². The third kappa shape index (κ3) is 6.46. The highest BCUT2D eigenvalue weighted by Gasteiger charge is 2.32. The Morgan fingerprint density at radius 1 is 1.06 bits per heavy atom. The summed E-state index contributed by atoms with van der Waals surface area (Å²) in [6.45, 7) is 7.76. The van der Waals surface area contributed by atoms with Gasteiger partial charge in [-0.15, -0.1) is 0 Å². The van der Waals surface area contributed by atoms with Crippen molar-refractivity contribution in [3.63, 3.8) is 0 Å². The van der Waals surface area contributed by atoms with Gasteiger partial charge in [-0.3, -0.25) is 4.79 Å². The largest absolute Gasteiger partial charge is 0.416 e. The van der Waals surface area contributed by atoms with Crippen LogP contribution in [0.4, 0.5) is 13.2 Å². The summed E-state index contributed by atoms with van der Waals surface area (Å²) < 4.78 is 68.8. The molecule has 1 amide bonds. The summed E-state index contributed by atoms with van der Waals surface area (Å²) >= 11 is 0. The number of carbonyl (C=O) groups excluding carboxylic acids is 1. The Bertz CT molecular complexity index is 1020. The molecule has 0 aliphatic rings. The lowest BCUT2D eigenvalue weighted by Crippen LogP contribution is -2.40. The monoisotopic (exact) mass is 457 g/mol. The van der Waals surface area contributed by atoms with E-state index in [4.69, 9.17) is 4.18 Å². The molecule has 0 aliphatic carbocycles. The van der Waals surface area contributed by atoms with Crippen molar-refractivity contribution in [3.05, 3.63) is 59.7 Å². The Morgan fingerprint density at radius 2 is 1.71 bits per heavy atom. The number of benzene rings is 2. The van der Waals surface area contributed by atoms with Crippen molar-refractivity contribution < 1.29 is 30.6 Å². The molecule has 2 rings (SSSR count). The molecule has 0 heterocycles. The van der Waals surface area contributed by atoms with Crippen LogP contribution in [0.2, 0.25) is 0 Å². The van der Waals surface area contributed by atoms with Crippen LogP contribution in [-0.2, 0) is 27.6 Å². The minimum absolute atomic E-state index is 0.0201. The fourth-order valence-corrected chi connectivity index (χ4v) is 3.87. The van der Waals surface area contributed by atoms with E-state index in [9.17, 15) is 26.4 Å². The standard InChI is InChI=1S/C22H26F3NO4S/c1-5-16(4)26(21(27)15(2)3)14-17-8-6-10-19(12-17)30-31(28,29)20-11-7-9-18(13-20)22(23,24)25/h6-13,15-16H,5,14H2,1-4H3. The zero-order valence-corrected chi connectivity index (χ0v) is 18.6. The van der Waals surface area contributed by atoms with Crippen molar-refractivity contribution in [1.82, 2.24) is 4.90 Å². The van der Waals surface area contributed by atoms with Crippen LogP contribution in [0.5, 0.6) is 5.75 Å². The van der Waals surface area contributed by atoms with Crippen LogP contribution in [-0.4, -0.2) is 25.3 Å². The predicted octanol–water partition coefficient (Wildman–Crippen LogP) is 5.26. The van der Waals surface area contributed by atoms with Gasteiger partial charge in [0.05, 0.1) is 5.56 Å². The molecule has 2 aromatic rings. The molecule has 31 heavy (non-hydrogen) atoms. The van der Waals surface area contributed by atoms with Crippen molar-refractivity contribution in [2.45, 2.75) is 57.8 Å². The van der Waals surface area contributed by atoms with Crippen molar-refractivity contribution in [2.75, 3.05) is 0 Å². The summed E-state index contributed by atoms with van der Waals surface area (Å²) in [6.07, 6.45) is -3.92. The number of alkyl halides is 3. The molecule has 2 aromatic carbocycles. The number of nitrogens with zero attached hydrogens (tertiary/aromatic N) is 1. The molecule has 1 atom stereocenters. The molecule has 9 heteroatoms. The SMILES string of the molecule is CCC(C)N(Cc1cccc(OS(=O)(=O)c2cccc(C(F)(F)F)c2)c1)C(=O)C(C)C. The van der Waals surface area contributed by atoms with E-state index < -0.39 is 26.8 Å². The number of amides is 1. The van der Waals surface area contributed by atoms with Crippen LogP contribution >= 0.6 is 0 Å². The van der Waals surface area contributed by atoms with Gasteiger partial charge in [-0.1, -0.05) is 39.0 Å². The second-order valence-electron chi connectivity index (χ2n) is 7.59. The van der Waals surface area contributed by atoms with Gasteiger partial charge in [0.25, 0.3) is 0 Å². The van der Waals surface area contributed by atoms with Gasteiger partial charge in [-0.05, 0) is 49.2 Å². The average Bonchev–Trinajstić information content (AvgIpc) is 2.70. The summed E-state index contributed by atoms with van der Waals surface area (Å²) in [5, 5.41) is 0. The third-order valence-electron chi connectivity index (χ3n) is 4.81. The van der Waals surface area contributed by atoms with E-state index in [1.165, 1.54) is 12.1 Å². The molecule has 1 unspecified atom stereocenters. The molecule has 5 nitrogen and oxygen atoms in total. The summed E-state index contributed by atoms with van der Waals surface area (Å²) in [5.41, 5.74) is -0.437. The Balaban J connectivity index is 2.28. The first kappa shape index (κ1) is 24.7. The van der Waals surface area contributed by atoms with Gasteiger partial charge < -0.3 is 9.08 Å². The fourth-order valence-electron chi connectivity index (χ4n) is 2.90. The molecule has 0 aliphatic heterocycles. The van der Waals surface area contributed by atoms with Crippen molar-refractivity contribution in [1.29, 1.82) is 0 Å². The fraction of sp³-hybridized carbons (Fsp3) is 0.409. The van der Waals surface area contributed by atoms with E-state index in [1.807, 2.05) is 13.8 Å². The first-order valence-electron chi connectivity index (χ1n) is 9.86. The number of rotatable bonds is 8. The molecule has 0 bridgehead atoms. The van der Waals surface area contributed by atoms with E-state index in [0.717, 1.165) is 24.6 Å². The van der Waals surface area contributed by atoms with Crippen molar-refractivity contribution in [3.8, 4) is 5.75 Å². The van der Waals surface area contributed by atoms with Crippen molar-refractivity contribution >= 4 is 16.0 Å². The Labute approximate surface area is 181 Å². The van der Waals surface area contributed by atoms with Gasteiger partial charge in [-0.2, -0.15) is 21.6 Å². The maximum Gasteiger partial charge on any atom is 0.416 e. The topological polar surface area (TPSA) is 63.7 Å². The Kier molecular flexibility index (Phi) is 7.75. The van der Waals surface area contributed by atoms with E-state index >= 15 is 0 Å². The number of hydrogen-bond acceptors (Lipinski definition) is 4. The maximum absolute atomic E-state index is 12.9. The van der Waals surface area contributed by atoms with Gasteiger partial charge >= 0.3 is 16.3 Å². The first-order valence-corrected chi connectivity index (χ1v) is 11.3. The third-order valence-corrected chi connectivity index (χ3v) is 6.05. The number of carbonyl (C=O) groups is 1. The van der Waals surface area contributed by atoms with Crippen molar-refractivity contribution in [2.24, 2.45) is 5.92 Å². The second kappa shape index (κ2) is 9.72. The molecule has 0 radical (unpaired) electrons. The van der Waals surface area contributed by atoms with Gasteiger partial charge in [-0.25, -0.2) is 0 Å². The van der Waals surface area contributed by atoms with E-state index in [2.05, 4.69) is 0 Å². The molecule has 0 spiro atoms. The predicted molar refractivity (Wildman–Crippen MR) is 111 cm³/mol. The van der Waals surface area contributed by atoms with Crippen LogP contribution in [0.15, 0.2) is 53.4 Å². The first-order chi connectivity index (χ1) is 14.3. The normalized spacial score (nSPS) is 13.2. The van der Waals surface area contributed by atoms with E-state index in [1.54, 1.807) is 30.9 Å². The zero-order valence-electron chi connectivity index (χ0n) is 17.8. The molecule has 0 aromatic heterocycles. The number of halogens is 3. The molecule has 0 saturated carbocycles. The molecular formula is C22H26F3NO4S. The zero-order chi connectivity index (χ0) is 23.4. The lowest BCUT2D eigenvalue weighted by atomic mass is 10.1. The van der Waals surface area contributed by atoms with Crippen LogP contribution in [0, 0.1) is 5.92 Å². The van der Waals surface area contributed by atoms with Crippen LogP contribution in [0.1, 0.15) is 45.2 Å². The molecule has 0 saturated heterocycles. The van der Waals surface area contributed by atoms with E-state index in [0.29, 0.717) is 11.6 Å². The Hall–Kier alpha value is -2.55. The number of hydrogen-bond donors (Lipinski definition) is 0. The van der Waals surface area contributed by atoms with Gasteiger partial charge in [0.15, 0.2) is 0 Å². The smallest absolute Gasteiger partial charge is 0.379 e. The quantitative estimate of drug-likeness (QED) is 0.508. The van der Waals surface area contributed by atoms with Crippen LogP contribution in [0.3, 0.4) is 0 Å². The summed E-state index contributed by atoms with van der Waals surface area (Å²) in [6, 6.07) is 9.51. The van der Waals surface area contributed by atoms with Gasteiger partial charge in [0.1, 0.15) is 10.6 Å². The highest BCUT2D eigenvalue weighted by Crippen LogP contribution is 2.31. The summed E-state index contributed by atoms with van der Waals surface area (Å²) in [5.74, 6) is -0.275. The van der Waals surface area contributed by atoms with Crippen LogP contribution in [0.25, 0.3) is 0 Å². The average molecular weight is 458 g/mol. The lowest BCUT2D eigenvalue weighted by molar-refractivity contribution is -0.138. The molecule has 170 valence electrons. The molecular weight excluding hydrogens is 431 g/mol. The second-order valence-corrected chi connectivity index (χ2v) is 9.13. The Morgan fingerprint density at radius 3 is 2.29 bits per heavy atom. The highest BCUT2D eigenvalue weighted by atomic mass is 32.2. The van der Waals surface area contributed by atoms with E-state index in [-0.39, 0.29) is 30.2 Å². The summed E-state index contributed by atoms with van der Waals surface area (Å²) in [4.78, 5) is 13.7. The lowest BCUT2D eigenvalue weighted by Gasteiger charge is -2.30. The minimum atomic E-state index is -4.67. The van der Waals surface area contributed by atoms with Gasteiger partial charge in [0.2, 0.25) is 5.91 Å². The summed E-state index contributed by atoms with van der Waals surface area (Å²) in [7, 11) is -4.47. The molecule has 0 fully saturated rings. The highest BCUT2D eigenvalue weighted by molar-refractivity contribution is 7.87. The minimum Gasteiger partial charge on any atom is -0.379 e. The van der Waals surface area contributed by atoms with Crippen LogP contribution < -0.4 is 4.18 Å². The maximum atomic E-state index is 12.9.